The first-order valence-corrected chi connectivity index (χ1v) is 12.2. The first kappa shape index (κ1) is 22.8. The molecule has 6 heteroatoms. The predicted molar refractivity (Wildman–Crippen MR) is 128 cm³/mol. The molecule has 0 radical (unpaired) electrons. The van der Waals surface area contributed by atoms with Crippen LogP contribution in [0.3, 0.4) is 0 Å². The summed E-state index contributed by atoms with van der Waals surface area (Å²) in [6, 6.07) is 9.03. The lowest BCUT2D eigenvalue weighted by Crippen LogP contribution is -2.44. The van der Waals surface area contributed by atoms with Gasteiger partial charge in [0, 0.05) is 23.6 Å². The molecule has 0 saturated heterocycles. The Kier molecular flexibility index (Phi) is 5.78. The first-order chi connectivity index (χ1) is 16.3. The van der Waals surface area contributed by atoms with Gasteiger partial charge in [-0.1, -0.05) is 19.1 Å². The van der Waals surface area contributed by atoms with Crippen LogP contribution in [0, 0.1) is 35.9 Å². The zero-order valence-electron chi connectivity index (χ0n) is 19.7. The van der Waals surface area contributed by atoms with Crippen molar-refractivity contribution in [2.75, 3.05) is 5.32 Å². The van der Waals surface area contributed by atoms with Crippen LogP contribution < -0.4 is 5.32 Å². The van der Waals surface area contributed by atoms with Crippen LogP contribution in [0.2, 0.25) is 0 Å². The summed E-state index contributed by atoms with van der Waals surface area (Å²) in [5.74, 6) is 0.492. The van der Waals surface area contributed by atoms with Gasteiger partial charge in [0.25, 0.3) is 0 Å². The van der Waals surface area contributed by atoms with Crippen LogP contribution in [0.15, 0.2) is 48.4 Å². The van der Waals surface area contributed by atoms with Gasteiger partial charge in [0.15, 0.2) is 5.78 Å². The number of aliphatic hydroxyl groups is 1. The number of benzene rings is 1. The number of aliphatic hydroxyl groups excluding tert-OH is 1. The summed E-state index contributed by atoms with van der Waals surface area (Å²) in [7, 11) is 0. The SMILES string of the molecule is Cc1ccnc(NC(=O)CC[C@@H]2/C(=C/O)C(=O)[C@@]3(C)CCC4c5cccc(F)c5CCC4C23)c1. The van der Waals surface area contributed by atoms with Gasteiger partial charge in [-0.05, 0) is 97.6 Å². The van der Waals surface area contributed by atoms with Crippen LogP contribution in [0.25, 0.3) is 0 Å². The van der Waals surface area contributed by atoms with Crippen LogP contribution in [0.5, 0.6) is 0 Å². The first-order valence-electron chi connectivity index (χ1n) is 12.2. The largest absolute Gasteiger partial charge is 0.515 e. The van der Waals surface area contributed by atoms with Gasteiger partial charge in [0.1, 0.15) is 11.6 Å². The molecule has 2 saturated carbocycles. The number of halogens is 1. The number of amides is 1. The number of aryl methyl sites for hydroxylation is 1. The molecule has 3 aliphatic rings. The van der Waals surface area contributed by atoms with E-state index >= 15 is 0 Å². The third-order valence-electron chi connectivity index (χ3n) is 8.59. The van der Waals surface area contributed by atoms with Crippen LogP contribution in [0.4, 0.5) is 10.2 Å². The van der Waals surface area contributed by atoms with Gasteiger partial charge < -0.3 is 10.4 Å². The molecule has 3 aliphatic carbocycles. The third kappa shape index (κ3) is 3.64. The zero-order valence-corrected chi connectivity index (χ0v) is 19.7. The number of nitrogens with zero attached hydrogens (tertiary/aromatic N) is 1. The van der Waals surface area contributed by atoms with Crippen molar-refractivity contribution in [2.24, 2.45) is 23.2 Å². The van der Waals surface area contributed by atoms with E-state index in [1.54, 1.807) is 12.3 Å². The molecule has 178 valence electrons. The molecule has 1 aromatic heterocycles. The smallest absolute Gasteiger partial charge is 0.225 e. The molecule has 34 heavy (non-hydrogen) atoms. The highest BCUT2D eigenvalue weighted by Crippen LogP contribution is 2.63. The lowest BCUT2D eigenvalue weighted by Gasteiger charge is -2.49. The second-order valence-electron chi connectivity index (χ2n) is 10.4. The Labute approximate surface area is 199 Å². The van der Waals surface area contributed by atoms with E-state index < -0.39 is 5.41 Å². The molecule has 5 nitrogen and oxygen atoms in total. The van der Waals surface area contributed by atoms with Crippen molar-refractivity contribution in [1.82, 2.24) is 4.98 Å². The van der Waals surface area contributed by atoms with Crippen molar-refractivity contribution < 1.29 is 19.1 Å². The number of rotatable bonds is 4. The molecule has 2 N–H and O–H groups in total. The topological polar surface area (TPSA) is 79.3 Å². The van der Waals surface area contributed by atoms with Crippen molar-refractivity contribution in [3.63, 3.8) is 0 Å². The Morgan fingerprint density at radius 1 is 1.32 bits per heavy atom. The highest BCUT2D eigenvalue weighted by atomic mass is 19.1. The Morgan fingerprint density at radius 3 is 2.91 bits per heavy atom. The maximum absolute atomic E-state index is 14.5. The van der Waals surface area contributed by atoms with E-state index in [1.807, 2.05) is 32.0 Å². The molecule has 2 fully saturated rings. The van der Waals surface area contributed by atoms with Gasteiger partial charge in [-0.2, -0.15) is 0 Å². The Balaban J connectivity index is 1.40. The number of hydrogen-bond acceptors (Lipinski definition) is 4. The number of aromatic nitrogens is 1. The fourth-order valence-corrected chi connectivity index (χ4v) is 7.11. The fraction of sp³-hybridized carbons (Fsp3) is 0.464. The second-order valence-corrected chi connectivity index (χ2v) is 10.4. The van der Waals surface area contributed by atoms with Crippen LogP contribution in [-0.2, 0) is 16.0 Å². The quantitative estimate of drug-likeness (QED) is 0.454. The Bertz CT molecular complexity index is 1180. The minimum absolute atomic E-state index is 0.00856. The summed E-state index contributed by atoms with van der Waals surface area (Å²) in [6.45, 7) is 3.96. The van der Waals surface area contributed by atoms with E-state index in [0.29, 0.717) is 30.7 Å². The molecule has 0 aliphatic heterocycles. The number of anilines is 1. The van der Waals surface area contributed by atoms with Gasteiger partial charge in [-0.25, -0.2) is 9.37 Å². The molecule has 1 heterocycles. The van der Waals surface area contributed by atoms with E-state index in [0.717, 1.165) is 35.8 Å². The predicted octanol–water partition coefficient (Wildman–Crippen LogP) is 5.65. The number of fused-ring (bicyclic) bond motifs is 5. The Morgan fingerprint density at radius 2 is 2.15 bits per heavy atom. The maximum atomic E-state index is 14.5. The van der Waals surface area contributed by atoms with Gasteiger partial charge >= 0.3 is 0 Å². The molecular weight excluding hydrogens is 431 g/mol. The Hall–Kier alpha value is -3.02. The van der Waals surface area contributed by atoms with Crippen LogP contribution in [-0.4, -0.2) is 21.8 Å². The number of hydrogen-bond donors (Lipinski definition) is 2. The highest BCUT2D eigenvalue weighted by molar-refractivity contribution is 6.03. The summed E-state index contributed by atoms with van der Waals surface area (Å²) in [6.07, 6.45) is 6.38. The molecule has 1 amide bonds. The normalized spacial score (nSPS) is 31.0. The van der Waals surface area contributed by atoms with E-state index in [2.05, 4.69) is 10.3 Å². The molecule has 0 spiro atoms. The van der Waals surface area contributed by atoms with Crippen LogP contribution >= 0.6 is 0 Å². The summed E-state index contributed by atoms with van der Waals surface area (Å²) in [5, 5.41) is 12.9. The summed E-state index contributed by atoms with van der Waals surface area (Å²) < 4.78 is 14.5. The van der Waals surface area contributed by atoms with Crippen molar-refractivity contribution in [1.29, 1.82) is 0 Å². The number of nitrogens with one attached hydrogen (secondary N) is 1. The summed E-state index contributed by atoms with van der Waals surface area (Å²) >= 11 is 0. The molecule has 1 aromatic carbocycles. The molecule has 2 aromatic rings. The number of Topliss-reactive ketones (excluding diaryl/α,β-unsaturated/α-hetero) is 1. The van der Waals surface area contributed by atoms with E-state index in [9.17, 15) is 19.1 Å². The lowest BCUT2D eigenvalue weighted by atomic mass is 9.54. The van der Waals surface area contributed by atoms with E-state index in [1.165, 1.54) is 6.07 Å². The average molecular weight is 463 g/mol. The van der Waals surface area contributed by atoms with Crippen molar-refractivity contribution >= 4 is 17.5 Å². The number of ketones is 1. The highest BCUT2D eigenvalue weighted by Gasteiger charge is 2.60. The maximum Gasteiger partial charge on any atom is 0.225 e. The fourth-order valence-electron chi connectivity index (χ4n) is 7.11. The summed E-state index contributed by atoms with van der Waals surface area (Å²) in [4.78, 5) is 30.4. The molecule has 5 atom stereocenters. The molecule has 0 bridgehead atoms. The number of allylic oxidation sites excluding steroid dienone is 1. The standard InChI is InChI=1S/C28H31FN2O3/c1-16-11-13-30-24(14-16)31-25(33)9-8-21-22(15-32)27(34)28(2)12-10-18-17-4-3-5-23(29)19(17)6-7-20(18)26(21)28/h3-5,11,13-15,18,20-21,26,32H,6-10,12H2,1-2H3,(H,30,31,33)/b22-15-/t18?,20?,21-,26?,28+/m1/s1. The average Bonchev–Trinajstić information content (AvgIpc) is 3.04. The third-order valence-corrected chi connectivity index (χ3v) is 8.59. The van der Waals surface area contributed by atoms with Crippen molar-refractivity contribution in [3.05, 3.63) is 70.9 Å². The molecule has 5 rings (SSSR count). The monoisotopic (exact) mass is 462 g/mol. The summed E-state index contributed by atoms with van der Waals surface area (Å²) in [5.41, 5.74) is 2.79. The van der Waals surface area contributed by atoms with Gasteiger partial charge in [-0.15, -0.1) is 0 Å². The van der Waals surface area contributed by atoms with Crippen LogP contribution in [0.1, 0.15) is 61.6 Å². The van der Waals surface area contributed by atoms with E-state index in [-0.39, 0.29) is 47.6 Å². The molecular formula is C28H31FN2O3. The molecule has 3 unspecified atom stereocenters. The zero-order chi connectivity index (χ0) is 24.0. The second kappa shape index (κ2) is 8.64. The minimum atomic E-state index is -0.556. The minimum Gasteiger partial charge on any atom is -0.515 e. The number of carbonyl (C=O) groups is 2. The number of pyridine rings is 1. The van der Waals surface area contributed by atoms with Gasteiger partial charge in [0.2, 0.25) is 5.91 Å². The van der Waals surface area contributed by atoms with Gasteiger partial charge in [0.05, 0.1) is 6.26 Å². The van der Waals surface area contributed by atoms with E-state index in [4.69, 9.17) is 0 Å². The van der Waals surface area contributed by atoms with Crippen molar-refractivity contribution in [3.8, 4) is 0 Å². The van der Waals surface area contributed by atoms with Crippen molar-refractivity contribution in [2.45, 2.75) is 58.3 Å². The lowest BCUT2D eigenvalue weighted by molar-refractivity contribution is -0.127. The number of carbonyl (C=O) groups excluding carboxylic acids is 2. The van der Waals surface area contributed by atoms with Gasteiger partial charge in [-0.3, -0.25) is 9.59 Å².